The number of benzene rings is 1. The Labute approximate surface area is 97.8 Å². The van der Waals surface area contributed by atoms with Crippen molar-refractivity contribution in [2.24, 2.45) is 4.99 Å². The highest BCUT2D eigenvalue weighted by atomic mass is 16.5. The summed E-state index contributed by atoms with van der Waals surface area (Å²) in [5, 5.41) is 0. The summed E-state index contributed by atoms with van der Waals surface area (Å²) in [6.07, 6.45) is 4.65. The van der Waals surface area contributed by atoms with Gasteiger partial charge in [-0.15, -0.1) is 0 Å². The van der Waals surface area contributed by atoms with E-state index in [2.05, 4.69) is 15.0 Å². The Morgan fingerprint density at radius 2 is 2.00 bits per heavy atom. The van der Waals surface area contributed by atoms with E-state index in [1.807, 2.05) is 6.92 Å². The molecule has 2 rings (SSSR count). The van der Waals surface area contributed by atoms with E-state index < -0.39 is 0 Å². The number of rotatable bonds is 3. The minimum Gasteiger partial charge on any atom is -0.437 e. The van der Waals surface area contributed by atoms with Crippen LogP contribution in [0.25, 0.3) is 0 Å². The lowest BCUT2D eigenvalue weighted by molar-refractivity contribution is 0.458. The van der Waals surface area contributed by atoms with Gasteiger partial charge >= 0.3 is 0 Å². The molecule has 17 heavy (non-hydrogen) atoms. The second-order valence-corrected chi connectivity index (χ2v) is 3.30. The quantitative estimate of drug-likeness (QED) is 0.597. The van der Waals surface area contributed by atoms with Crippen LogP contribution in [-0.4, -0.2) is 16.0 Å². The van der Waals surface area contributed by atoms with Crippen molar-refractivity contribution in [1.29, 1.82) is 0 Å². The fourth-order valence-electron chi connectivity index (χ4n) is 1.25. The van der Waals surface area contributed by atoms with Crippen LogP contribution >= 0.6 is 0 Å². The van der Waals surface area contributed by atoms with Gasteiger partial charge in [-0.25, -0.2) is 9.78 Å². The van der Waals surface area contributed by atoms with Crippen LogP contribution in [0.5, 0.6) is 11.6 Å². The molecule has 0 bridgehead atoms. The summed E-state index contributed by atoms with van der Waals surface area (Å²) >= 11 is 0. The van der Waals surface area contributed by atoms with E-state index >= 15 is 0 Å². The molecule has 1 aromatic heterocycles. The van der Waals surface area contributed by atoms with Crippen molar-refractivity contribution in [1.82, 2.24) is 9.97 Å². The molecule has 0 atom stereocenters. The van der Waals surface area contributed by atoms with Gasteiger partial charge in [-0.05, 0) is 31.2 Å². The number of isocyanates is 1. The SMILES string of the molecule is Cc1cncc(Oc2ccc(N=C=O)cc2)n1. The molecule has 0 spiro atoms. The third kappa shape index (κ3) is 2.96. The molecule has 0 fully saturated rings. The predicted octanol–water partition coefficient (Wildman–Crippen LogP) is 2.54. The van der Waals surface area contributed by atoms with Gasteiger partial charge < -0.3 is 4.74 Å². The van der Waals surface area contributed by atoms with Gasteiger partial charge in [0.25, 0.3) is 0 Å². The summed E-state index contributed by atoms with van der Waals surface area (Å²) < 4.78 is 5.48. The Hall–Kier alpha value is -2.52. The lowest BCUT2D eigenvalue weighted by Gasteiger charge is -2.04. The van der Waals surface area contributed by atoms with E-state index in [1.54, 1.807) is 30.5 Å². The van der Waals surface area contributed by atoms with Crippen molar-refractivity contribution in [3.05, 3.63) is 42.4 Å². The predicted molar refractivity (Wildman–Crippen MR) is 61.1 cm³/mol. The molecule has 5 heteroatoms. The highest BCUT2D eigenvalue weighted by Gasteiger charge is 1.99. The lowest BCUT2D eigenvalue weighted by atomic mass is 10.3. The van der Waals surface area contributed by atoms with Gasteiger partial charge in [0.05, 0.1) is 17.6 Å². The third-order valence-corrected chi connectivity index (χ3v) is 1.97. The van der Waals surface area contributed by atoms with E-state index in [0.717, 1.165) is 5.69 Å². The Kier molecular flexibility index (Phi) is 3.23. The summed E-state index contributed by atoms with van der Waals surface area (Å²) in [7, 11) is 0. The number of carbonyl (C=O) groups excluding carboxylic acids is 1. The van der Waals surface area contributed by atoms with Crippen molar-refractivity contribution in [2.75, 3.05) is 0 Å². The highest BCUT2D eigenvalue weighted by molar-refractivity contribution is 5.50. The Bertz CT molecular complexity index is 560. The van der Waals surface area contributed by atoms with Crippen LogP contribution in [-0.2, 0) is 4.79 Å². The maximum Gasteiger partial charge on any atom is 0.240 e. The zero-order valence-electron chi connectivity index (χ0n) is 9.12. The van der Waals surface area contributed by atoms with Crippen molar-refractivity contribution in [3.8, 4) is 11.6 Å². The first-order valence-corrected chi connectivity index (χ1v) is 4.92. The van der Waals surface area contributed by atoms with E-state index in [-0.39, 0.29) is 0 Å². The Morgan fingerprint density at radius 3 is 2.65 bits per heavy atom. The second kappa shape index (κ2) is 5.01. The molecule has 84 valence electrons. The first kappa shape index (κ1) is 11.0. The number of aromatic nitrogens is 2. The molecule has 5 nitrogen and oxygen atoms in total. The van der Waals surface area contributed by atoms with Crippen LogP contribution in [0.15, 0.2) is 41.7 Å². The molecule has 0 amide bonds. The molecule has 2 aromatic rings. The molecule has 0 aliphatic heterocycles. The summed E-state index contributed by atoms with van der Waals surface area (Å²) in [5.74, 6) is 1.03. The van der Waals surface area contributed by atoms with E-state index in [9.17, 15) is 4.79 Å². The molecule has 1 heterocycles. The first-order valence-electron chi connectivity index (χ1n) is 4.92. The van der Waals surface area contributed by atoms with E-state index in [0.29, 0.717) is 17.3 Å². The van der Waals surface area contributed by atoms with Crippen LogP contribution in [0.4, 0.5) is 5.69 Å². The molecule has 0 saturated carbocycles. The zero-order valence-corrected chi connectivity index (χ0v) is 9.12. The van der Waals surface area contributed by atoms with Gasteiger partial charge in [-0.3, -0.25) is 4.98 Å². The summed E-state index contributed by atoms with van der Waals surface area (Å²) in [5.41, 5.74) is 1.31. The maximum atomic E-state index is 10.0. The number of aliphatic imine (C=N–C) groups is 1. The maximum absolute atomic E-state index is 10.0. The monoisotopic (exact) mass is 227 g/mol. The minimum atomic E-state index is 0.427. The largest absolute Gasteiger partial charge is 0.437 e. The van der Waals surface area contributed by atoms with Crippen molar-refractivity contribution in [3.63, 3.8) is 0 Å². The van der Waals surface area contributed by atoms with Crippen molar-refractivity contribution in [2.45, 2.75) is 6.92 Å². The normalized spacial score (nSPS) is 9.47. The van der Waals surface area contributed by atoms with Gasteiger partial charge in [0.1, 0.15) is 5.75 Å². The second-order valence-electron chi connectivity index (χ2n) is 3.30. The lowest BCUT2D eigenvalue weighted by Crippen LogP contribution is -1.90. The third-order valence-electron chi connectivity index (χ3n) is 1.97. The van der Waals surface area contributed by atoms with Gasteiger partial charge in [-0.2, -0.15) is 4.99 Å². The Balaban J connectivity index is 2.16. The highest BCUT2D eigenvalue weighted by Crippen LogP contribution is 2.21. The molecular formula is C12H9N3O2. The van der Waals surface area contributed by atoms with Crippen LogP contribution in [0.3, 0.4) is 0 Å². The van der Waals surface area contributed by atoms with Gasteiger partial charge in [0, 0.05) is 6.20 Å². The van der Waals surface area contributed by atoms with Crippen LogP contribution in [0.2, 0.25) is 0 Å². The Morgan fingerprint density at radius 1 is 1.24 bits per heavy atom. The van der Waals surface area contributed by atoms with Gasteiger partial charge in [0.2, 0.25) is 12.0 Å². The molecule has 0 unspecified atom stereocenters. The first-order chi connectivity index (χ1) is 8.28. The molecular weight excluding hydrogens is 218 g/mol. The van der Waals surface area contributed by atoms with E-state index in [1.165, 1.54) is 12.3 Å². The molecule has 1 aromatic carbocycles. The van der Waals surface area contributed by atoms with Crippen molar-refractivity contribution < 1.29 is 9.53 Å². The number of ether oxygens (including phenoxy) is 1. The molecule has 0 aliphatic rings. The fraction of sp³-hybridized carbons (Fsp3) is 0.0833. The summed E-state index contributed by atoms with van der Waals surface area (Å²) in [6, 6.07) is 6.70. The smallest absolute Gasteiger partial charge is 0.240 e. The van der Waals surface area contributed by atoms with Crippen LogP contribution < -0.4 is 4.74 Å². The molecule has 0 N–H and O–H groups in total. The standard InChI is InChI=1S/C12H9N3O2/c1-9-6-13-7-12(15-9)17-11-4-2-10(3-5-11)14-8-16/h2-7H,1H3. The molecule has 0 radical (unpaired) electrons. The minimum absolute atomic E-state index is 0.427. The van der Waals surface area contributed by atoms with Crippen LogP contribution in [0.1, 0.15) is 5.69 Å². The average Bonchev–Trinajstić information content (AvgIpc) is 2.32. The fourth-order valence-corrected chi connectivity index (χ4v) is 1.25. The van der Waals surface area contributed by atoms with Crippen LogP contribution in [0, 0.1) is 6.92 Å². The van der Waals surface area contributed by atoms with Gasteiger partial charge in [-0.1, -0.05) is 0 Å². The topological polar surface area (TPSA) is 64.4 Å². The number of hydrogen-bond acceptors (Lipinski definition) is 5. The number of nitrogens with zero attached hydrogens (tertiary/aromatic N) is 3. The van der Waals surface area contributed by atoms with E-state index in [4.69, 9.17) is 4.74 Å². The van der Waals surface area contributed by atoms with Gasteiger partial charge in [0.15, 0.2) is 0 Å². The summed E-state index contributed by atoms with van der Waals surface area (Å²) in [4.78, 5) is 21.7. The molecule has 0 saturated heterocycles. The summed E-state index contributed by atoms with van der Waals surface area (Å²) in [6.45, 7) is 1.84. The molecule has 0 aliphatic carbocycles. The number of aryl methyl sites for hydroxylation is 1. The van der Waals surface area contributed by atoms with Crippen molar-refractivity contribution >= 4 is 11.8 Å². The number of hydrogen-bond donors (Lipinski definition) is 0. The average molecular weight is 227 g/mol. The zero-order chi connectivity index (χ0) is 12.1.